The van der Waals surface area contributed by atoms with Gasteiger partial charge < -0.3 is 15.1 Å². The number of hydrogen-bond donors (Lipinski definition) is 1. The van der Waals surface area contributed by atoms with E-state index in [-0.39, 0.29) is 6.04 Å². The van der Waals surface area contributed by atoms with Crippen molar-refractivity contribution < 1.29 is 4.79 Å². The van der Waals surface area contributed by atoms with Crippen molar-refractivity contribution >= 4 is 46.6 Å². The first-order chi connectivity index (χ1) is 17.5. The van der Waals surface area contributed by atoms with Crippen molar-refractivity contribution in [3.8, 4) is 0 Å². The summed E-state index contributed by atoms with van der Waals surface area (Å²) in [5.74, 6) is 0.786. The Hall–Kier alpha value is -2.42. The topological polar surface area (TPSA) is 79.2 Å². The van der Waals surface area contributed by atoms with Crippen molar-refractivity contribution in [1.82, 2.24) is 30.0 Å². The van der Waals surface area contributed by atoms with E-state index in [1.54, 1.807) is 17.2 Å². The number of nitrogens with zero attached hydrogens (tertiary/aromatic N) is 6. The molecule has 5 rings (SSSR count). The van der Waals surface area contributed by atoms with Gasteiger partial charge in [0.05, 0.1) is 17.9 Å². The van der Waals surface area contributed by atoms with Crippen LogP contribution in [0, 0.1) is 6.92 Å². The zero-order valence-electron chi connectivity index (χ0n) is 21.7. The van der Waals surface area contributed by atoms with Crippen molar-refractivity contribution in [2.24, 2.45) is 0 Å². The Balaban J connectivity index is 0.000000390. The molecule has 196 valence electrons. The van der Waals surface area contributed by atoms with E-state index in [1.807, 2.05) is 44.5 Å². The molecule has 3 aromatic rings. The summed E-state index contributed by atoms with van der Waals surface area (Å²) in [6, 6.07) is 5.34. The van der Waals surface area contributed by atoms with Crippen LogP contribution < -0.4 is 10.2 Å². The minimum atomic E-state index is -0.127. The summed E-state index contributed by atoms with van der Waals surface area (Å²) in [6.07, 6.45) is 6.88. The van der Waals surface area contributed by atoms with Crippen LogP contribution in [0.3, 0.4) is 0 Å². The number of aromatic nitrogens is 4. The zero-order chi connectivity index (χ0) is 26.1. The Bertz CT molecular complexity index is 1110. The Kier molecular flexibility index (Phi) is 10.8. The van der Waals surface area contributed by atoms with Gasteiger partial charge in [-0.3, -0.25) is 4.79 Å². The van der Waals surface area contributed by atoms with Crippen LogP contribution in [-0.2, 0) is 4.79 Å². The van der Waals surface area contributed by atoms with Gasteiger partial charge in [-0.05, 0) is 57.5 Å². The van der Waals surface area contributed by atoms with Crippen molar-refractivity contribution in [3.05, 3.63) is 45.7 Å². The van der Waals surface area contributed by atoms with Gasteiger partial charge in [0.15, 0.2) is 5.65 Å². The molecule has 0 saturated carbocycles. The highest BCUT2D eigenvalue weighted by Gasteiger charge is 2.22. The molecule has 1 aromatic carbocycles. The fourth-order valence-corrected chi connectivity index (χ4v) is 4.86. The van der Waals surface area contributed by atoms with Gasteiger partial charge in [-0.1, -0.05) is 49.5 Å². The van der Waals surface area contributed by atoms with Crippen molar-refractivity contribution in [1.29, 1.82) is 0 Å². The van der Waals surface area contributed by atoms with Gasteiger partial charge >= 0.3 is 0 Å². The quantitative estimate of drug-likeness (QED) is 0.469. The molecule has 2 aromatic heterocycles. The van der Waals surface area contributed by atoms with Gasteiger partial charge in [0.25, 0.3) is 0 Å². The molecule has 2 aliphatic heterocycles. The van der Waals surface area contributed by atoms with Crippen molar-refractivity contribution in [3.63, 3.8) is 0 Å². The summed E-state index contributed by atoms with van der Waals surface area (Å²) in [6.45, 7) is 13.3. The maximum Gasteiger partial charge on any atom is 0.209 e. The second-order valence-electron chi connectivity index (χ2n) is 8.71. The molecule has 10 heteroatoms. The van der Waals surface area contributed by atoms with E-state index in [0.717, 1.165) is 42.1 Å². The van der Waals surface area contributed by atoms with Gasteiger partial charge in [0.2, 0.25) is 6.41 Å². The monoisotopic (exact) mass is 533 g/mol. The summed E-state index contributed by atoms with van der Waals surface area (Å²) >= 11 is 12.4. The molecule has 1 amide bonds. The highest BCUT2D eigenvalue weighted by atomic mass is 35.5. The van der Waals surface area contributed by atoms with Gasteiger partial charge in [-0.2, -0.15) is 5.10 Å². The number of carbonyl (C=O) groups excluding carboxylic acids is 1. The Morgan fingerprint density at radius 1 is 1.06 bits per heavy atom. The number of carbonyl (C=O) groups is 1. The van der Waals surface area contributed by atoms with E-state index in [2.05, 4.69) is 20.3 Å². The number of amides is 1. The first kappa shape index (κ1) is 28.2. The molecule has 1 atom stereocenters. The van der Waals surface area contributed by atoms with E-state index >= 15 is 0 Å². The van der Waals surface area contributed by atoms with Crippen LogP contribution in [0.4, 0.5) is 5.82 Å². The van der Waals surface area contributed by atoms with E-state index in [9.17, 15) is 4.79 Å². The lowest BCUT2D eigenvalue weighted by Crippen LogP contribution is -2.46. The second kappa shape index (κ2) is 13.8. The first-order valence-electron chi connectivity index (χ1n) is 12.8. The van der Waals surface area contributed by atoms with E-state index in [4.69, 9.17) is 28.2 Å². The smallest absolute Gasteiger partial charge is 0.209 e. The molecule has 2 saturated heterocycles. The summed E-state index contributed by atoms with van der Waals surface area (Å²) in [4.78, 5) is 24.3. The molecule has 0 aliphatic carbocycles. The maximum absolute atomic E-state index is 10.9. The number of nitrogens with one attached hydrogen (secondary N) is 1. The summed E-state index contributed by atoms with van der Waals surface area (Å²) in [5.41, 5.74) is 3.22. The molecule has 1 N–H and O–H groups in total. The molecule has 2 aliphatic rings. The molecule has 0 radical (unpaired) electrons. The third-order valence-corrected chi connectivity index (χ3v) is 6.90. The van der Waals surface area contributed by atoms with E-state index in [0.29, 0.717) is 28.8 Å². The lowest BCUT2D eigenvalue weighted by molar-refractivity contribution is -0.118. The highest BCUT2D eigenvalue weighted by Crippen LogP contribution is 2.31. The van der Waals surface area contributed by atoms with E-state index < -0.39 is 0 Å². The fraction of sp³-hybridized carbons (Fsp3) is 0.538. The molecular weight excluding hydrogens is 497 g/mol. The summed E-state index contributed by atoms with van der Waals surface area (Å²) in [7, 11) is 0. The minimum Gasteiger partial charge on any atom is -0.352 e. The minimum absolute atomic E-state index is 0.127. The zero-order valence-corrected chi connectivity index (χ0v) is 23.2. The molecular formula is C26H37Cl2N7O. The second-order valence-corrected chi connectivity index (χ2v) is 9.55. The molecule has 36 heavy (non-hydrogen) atoms. The van der Waals surface area contributed by atoms with Gasteiger partial charge in [0, 0.05) is 36.2 Å². The van der Waals surface area contributed by atoms with E-state index in [1.165, 1.54) is 32.4 Å². The van der Waals surface area contributed by atoms with Crippen LogP contribution >= 0.6 is 23.2 Å². The molecule has 4 heterocycles. The number of hydrogen-bond acceptors (Lipinski definition) is 6. The molecule has 2 fully saturated rings. The molecule has 0 spiro atoms. The van der Waals surface area contributed by atoms with Crippen LogP contribution in [-0.4, -0.2) is 70.3 Å². The molecule has 8 nitrogen and oxygen atoms in total. The number of piperidine rings is 1. The third kappa shape index (κ3) is 6.87. The summed E-state index contributed by atoms with van der Waals surface area (Å²) in [5, 5.41) is 9.14. The molecule has 1 unspecified atom stereocenters. The number of aryl methyl sites for hydroxylation is 1. The normalized spacial score (nSPS) is 16.5. The third-order valence-electron chi connectivity index (χ3n) is 6.33. The standard InChI is InChI=1S/C19H20Cl2N6O.C5H11N.C2H6/c1-12-18-19(23-17(10-22-18)26-7-5-25(11-28)6-8-26)27(24-12)13(2)15-4-3-14(20)9-16(15)21;1-2-4-6-5-3-1;1-2/h3-4,9-11,13H,5-8H2,1-2H3;6H,1-5H2;1-2H3. The van der Waals surface area contributed by atoms with Crippen LogP contribution in [0.5, 0.6) is 0 Å². The highest BCUT2D eigenvalue weighted by molar-refractivity contribution is 6.35. The van der Waals surface area contributed by atoms with Crippen LogP contribution in [0.2, 0.25) is 10.0 Å². The van der Waals surface area contributed by atoms with Crippen molar-refractivity contribution in [2.75, 3.05) is 44.2 Å². The van der Waals surface area contributed by atoms with Crippen LogP contribution in [0.25, 0.3) is 11.2 Å². The summed E-state index contributed by atoms with van der Waals surface area (Å²) < 4.78 is 1.86. The van der Waals surface area contributed by atoms with Gasteiger partial charge in [0.1, 0.15) is 11.3 Å². The first-order valence-corrected chi connectivity index (χ1v) is 13.6. The average molecular weight is 535 g/mol. The predicted molar refractivity (Wildman–Crippen MR) is 148 cm³/mol. The number of anilines is 1. The fourth-order valence-electron chi connectivity index (χ4n) is 4.29. The Morgan fingerprint density at radius 2 is 1.75 bits per heavy atom. The van der Waals surface area contributed by atoms with Crippen LogP contribution in [0.1, 0.15) is 57.3 Å². The van der Waals surface area contributed by atoms with Crippen LogP contribution in [0.15, 0.2) is 24.4 Å². The van der Waals surface area contributed by atoms with Crippen molar-refractivity contribution in [2.45, 2.75) is 53.0 Å². The average Bonchev–Trinajstić information content (AvgIpc) is 3.26. The maximum atomic E-state index is 10.9. The lowest BCUT2D eigenvalue weighted by Gasteiger charge is -2.33. The number of benzene rings is 1. The SMILES string of the molecule is C1CCNCC1.CC.Cc1nn(C(C)c2ccc(Cl)cc2Cl)c2nc(N3CCN(C=O)CC3)cnc12. The van der Waals surface area contributed by atoms with Gasteiger partial charge in [-0.15, -0.1) is 0 Å². The predicted octanol–water partition coefficient (Wildman–Crippen LogP) is 5.12. The number of piperazine rings is 1. The molecule has 0 bridgehead atoms. The largest absolute Gasteiger partial charge is 0.352 e. The number of halogens is 2. The van der Waals surface area contributed by atoms with Gasteiger partial charge in [-0.25, -0.2) is 14.6 Å². The Labute approximate surface area is 224 Å². The Morgan fingerprint density at radius 3 is 2.31 bits per heavy atom. The lowest BCUT2D eigenvalue weighted by atomic mass is 10.1. The number of rotatable bonds is 4. The number of fused-ring (bicyclic) bond motifs is 1.